The molecule has 0 aromatic heterocycles. The largest absolute Gasteiger partial charge is 0.444 e. The van der Waals surface area contributed by atoms with Gasteiger partial charge in [0.2, 0.25) is 6.54 Å². The Morgan fingerprint density at radius 1 is 1.48 bits per heavy atom. The molecular weight excluding hydrogens is 364 g/mol. The van der Waals surface area contributed by atoms with Gasteiger partial charge < -0.3 is 4.74 Å². The summed E-state index contributed by atoms with van der Waals surface area (Å²) in [6, 6.07) is 3.55. The molecule has 0 fully saturated rings. The average molecular weight is 382 g/mol. The van der Waals surface area contributed by atoms with Crippen molar-refractivity contribution in [3.63, 3.8) is 0 Å². The monoisotopic (exact) mass is 381 g/mol. The van der Waals surface area contributed by atoms with Crippen molar-refractivity contribution in [2.24, 2.45) is 5.10 Å². The van der Waals surface area contributed by atoms with Crippen molar-refractivity contribution >= 4 is 39.8 Å². The molecule has 3 rings (SSSR count). The second kappa shape index (κ2) is 5.59. The first-order valence-electron chi connectivity index (χ1n) is 7.32. The van der Waals surface area contributed by atoms with Gasteiger partial charge in [-0.25, -0.2) is 8.83 Å². The number of nitrogens with zero attached hydrogens (tertiary/aromatic N) is 3. The molecule has 7 nitrogen and oxygen atoms in total. The Balaban J connectivity index is 1.93. The molecule has 1 unspecified atom stereocenters. The first kappa shape index (κ1) is 15.9. The molecule has 0 radical (unpaired) electrons. The van der Waals surface area contributed by atoms with E-state index in [-0.39, 0.29) is 5.92 Å². The maximum atomic E-state index is 12.2. The number of nitroso groups, excluding NO2 is 1. The molecule has 23 heavy (non-hydrogen) atoms. The Morgan fingerprint density at radius 2 is 2.22 bits per heavy atom. The highest BCUT2D eigenvalue weighted by molar-refractivity contribution is 9.07. The zero-order valence-corrected chi connectivity index (χ0v) is 14.8. The van der Waals surface area contributed by atoms with Gasteiger partial charge in [-0.2, -0.15) is 5.10 Å². The lowest BCUT2D eigenvalue weighted by Crippen LogP contribution is -2.27. The van der Waals surface area contributed by atoms with Crippen molar-refractivity contribution in [3.8, 4) is 0 Å². The molecule has 0 spiro atoms. The number of ether oxygens (including phenoxy) is 1. The normalized spacial score (nSPS) is 19.4. The van der Waals surface area contributed by atoms with E-state index in [9.17, 15) is 9.70 Å². The smallest absolute Gasteiger partial charge is 0.412 e. The summed E-state index contributed by atoms with van der Waals surface area (Å²) in [4.78, 5) is 24.1. The first-order chi connectivity index (χ1) is 10.7. The third kappa shape index (κ3) is 3.36. The number of benzene rings is 1. The molecule has 122 valence electrons. The van der Waals surface area contributed by atoms with Crippen molar-refractivity contribution < 1.29 is 14.3 Å². The maximum absolute atomic E-state index is 12.2. The molecule has 0 saturated carbocycles. The lowest BCUT2D eigenvalue weighted by molar-refractivity contribution is -0.452. The lowest BCUT2D eigenvalue weighted by Gasteiger charge is -2.20. The number of nitrogens with one attached hydrogen (secondary N) is 1. The summed E-state index contributed by atoms with van der Waals surface area (Å²) >= 11 is 3.35. The molecule has 2 heterocycles. The minimum Gasteiger partial charge on any atom is -0.444 e. The van der Waals surface area contributed by atoms with Gasteiger partial charge in [0.15, 0.2) is 0 Å². The Kier molecular flexibility index (Phi) is 3.87. The number of hydrogen-bond donors (Lipinski definition) is 1. The minimum absolute atomic E-state index is 0.0318. The zero-order valence-electron chi connectivity index (χ0n) is 13.2. The van der Waals surface area contributed by atoms with E-state index in [0.29, 0.717) is 24.5 Å². The van der Waals surface area contributed by atoms with Crippen LogP contribution in [-0.4, -0.2) is 33.2 Å². The van der Waals surface area contributed by atoms with Crippen LogP contribution < -0.4 is 5.32 Å². The van der Waals surface area contributed by atoms with Crippen molar-refractivity contribution in [2.45, 2.75) is 38.8 Å². The summed E-state index contributed by atoms with van der Waals surface area (Å²) in [5.74, 6) is -0.0318. The van der Waals surface area contributed by atoms with Crippen molar-refractivity contribution in [1.29, 1.82) is 0 Å². The van der Waals surface area contributed by atoms with Crippen LogP contribution in [0, 0.1) is 4.91 Å². The lowest BCUT2D eigenvalue weighted by atomic mass is 9.96. The average Bonchev–Trinajstić information content (AvgIpc) is 2.62. The van der Waals surface area contributed by atoms with Gasteiger partial charge in [0.25, 0.3) is 5.69 Å². The van der Waals surface area contributed by atoms with Crippen LogP contribution in [0.2, 0.25) is 0 Å². The Hall–Kier alpha value is -1.96. The van der Waals surface area contributed by atoms with Crippen LogP contribution in [0.1, 0.15) is 37.8 Å². The van der Waals surface area contributed by atoms with Crippen LogP contribution in [-0.2, 0) is 11.3 Å². The number of halogens is 1. The van der Waals surface area contributed by atoms with E-state index in [1.165, 1.54) is 0 Å². The predicted octanol–water partition coefficient (Wildman–Crippen LogP) is 3.65. The van der Waals surface area contributed by atoms with Crippen LogP contribution in [0.15, 0.2) is 17.2 Å². The summed E-state index contributed by atoms with van der Waals surface area (Å²) in [6.07, 6.45) is 1.22. The van der Waals surface area contributed by atoms with E-state index in [4.69, 9.17) is 4.74 Å². The van der Waals surface area contributed by atoms with Crippen LogP contribution in [0.25, 0.3) is 0 Å². The third-order valence-electron chi connectivity index (χ3n) is 3.56. The zero-order chi connectivity index (χ0) is 16.8. The van der Waals surface area contributed by atoms with Crippen molar-refractivity contribution in [2.75, 3.05) is 11.9 Å². The number of amides is 1. The van der Waals surface area contributed by atoms with E-state index in [1.54, 1.807) is 37.1 Å². The van der Waals surface area contributed by atoms with Gasteiger partial charge in [-0.05, 0) is 32.4 Å². The molecule has 1 atom stereocenters. The van der Waals surface area contributed by atoms with Gasteiger partial charge in [-0.15, -0.1) is 0 Å². The van der Waals surface area contributed by atoms with E-state index in [1.807, 2.05) is 6.07 Å². The van der Waals surface area contributed by atoms with E-state index in [2.05, 4.69) is 26.6 Å². The molecule has 8 heteroatoms. The second-order valence-electron chi connectivity index (χ2n) is 6.62. The van der Waals surface area contributed by atoms with E-state index >= 15 is 0 Å². The van der Waals surface area contributed by atoms with Gasteiger partial charge in [-0.3, -0.25) is 5.32 Å². The van der Waals surface area contributed by atoms with E-state index in [0.717, 1.165) is 15.9 Å². The Bertz CT molecular complexity index is 711. The molecule has 0 saturated heterocycles. The fourth-order valence-corrected chi connectivity index (χ4v) is 3.16. The molecule has 2 aliphatic rings. The van der Waals surface area contributed by atoms with Gasteiger partial charge in [0.1, 0.15) is 5.60 Å². The summed E-state index contributed by atoms with van der Waals surface area (Å²) in [5, 5.41) is 6.94. The second-order valence-corrected chi connectivity index (χ2v) is 7.44. The number of carbonyl (C=O) groups excluding carboxylic acids is 1. The fraction of sp³-hybridized carbons (Fsp3) is 0.467. The van der Waals surface area contributed by atoms with E-state index < -0.39 is 11.7 Å². The van der Waals surface area contributed by atoms with Crippen molar-refractivity contribution in [1.82, 2.24) is 4.03 Å². The molecule has 1 amide bonds. The first-order valence-corrected chi connectivity index (χ1v) is 8.03. The summed E-state index contributed by atoms with van der Waals surface area (Å²) in [6.45, 7) is 6.24. The van der Waals surface area contributed by atoms with Crippen LogP contribution >= 0.6 is 16.1 Å². The molecule has 1 aromatic carbocycles. The van der Waals surface area contributed by atoms with Gasteiger partial charge >= 0.3 is 6.09 Å². The molecular formula is C15H18BrN4O3+. The fourth-order valence-electron chi connectivity index (χ4n) is 2.78. The minimum atomic E-state index is -0.581. The highest BCUT2D eigenvalue weighted by Crippen LogP contribution is 2.40. The highest BCUT2D eigenvalue weighted by Gasteiger charge is 2.40. The van der Waals surface area contributed by atoms with Crippen LogP contribution in [0.3, 0.4) is 0 Å². The number of carbonyl (C=O) groups is 1. The number of anilines is 1. The number of hydrogen-bond acceptors (Lipinski definition) is 5. The maximum Gasteiger partial charge on any atom is 0.412 e. The molecule has 0 bridgehead atoms. The molecule has 2 aliphatic heterocycles. The van der Waals surface area contributed by atoms with Gasteiger partial charge in [0.05, 0.1) is 34.3 Å². The topological polar surface area (TPSA) is 74.0 Å². The molecule has 1 aromatic rings. The highest BCUT2D eigenvalue weighted by atomic mass is 79.9. The molecule has 0 aliphatic carbocycles. The standard InChI is InChI=1S/C15H17BrN4O3/c1-15(2,3)23-14(21)18-11-4-9-8-20(16)17-6-10-7-19(22)12(5-11)13(9)10/h4-6,10H,7-8H2,1-3H3/p+1. The SMILES string of the molecule is CC(C)(C)OC(=O)Nc1cc2c3c(c1)[N+](=O)CC3C=NN(Br)C2. The third-order valence-corrected chi connectivity index (χ3v) is 4.00. The van der Waals surface area contributed by atoms with Gasteiger partial charge in [0, 0.05) is 27.5 Å². The quantitative estimate of drug-likeness (QED) is 0.594. The molecule has 1 N–H and O–H groups in total. The van der Waals surface area contributed by atoms with Crippen LogP contribution in [0.4, 0.5) is 16.2 Å². The summed E-state index contributed by atoms with van der Waals surface area (Å²) in [7, 11) is 0. The number of hydrazone groups is 1. The predicted molar refractivity (Wildman–Crippen MR) is 90.2 cm³/mol. The van der Waals surface area contributed by atoms with Crippen LogP contribution in [0.5, 0.6) is 0 Å². The number of rotatable bonds is 1. The summed E-state index contributed by atoms with van der Waals surface area (Å²) in [5.41, 5.74) is 2.46. The Labute approximate surface area is 142 Å². The Morgan fingerprint density at radius 3 is 2.91 bits per heavy atom. The summed E-state index contributed by atoms with van der Waals surface area (Å²) < 4.78 is 7.83. The van der Waals surface area contributed by atoms with Crippen molar-refractivity contribution in [3.05, 3.63) is 28.2 Å². The van der Waals surface area contributed by atoms with Gasteiger partial charge in [-0.1, -0.05) is 0 Å².